The second kappa shape index (κ2) is 3.67. The van der Waals surface area contributed by atoms with Crippen LogP contribution in [0.4, 0.5) is 19.0 Å². The number of hydrogen-bond acceptors (Lipinski definition) is 6. The summed E-state index contributed by atoms with van der Waals surface area (Å²) in [6, 6.07) is 2.11. The van der Waals surface area contributed by atoms with E-state index in [1.165, 1.54) is 6.07 Å². The number of nitrogen functional groups attached to an aromatic ring is 1. The molecular formula is C9H5F3N6O. The van der Waals surface area contributed by atoms with E-state index in [1.807, 2.05) is 0 Å². The quantitative estimate of drug-likeness (QED) is 0.717. The molecule has 0 aromatic carbocycles. The van der Waals surface area contributed by atoms with Crippen LogP contribution in [0.3, 0.4) is 0 Å². The van der Waals surface area contributed by atoms with Gasteiger partial charge in [0.05, 0.1) is 5.56 Å². The minimum absolute atomic E-state index is 0.0276. The number of nitrogens with zero attached hydrogens (tertiary/aromatic N) is 5. The molecule has 10 heteroatoms. The Morgan fingerprint density at radius 2 is 1.95 bits per heavy atom. The van der Waals surface area contributed by atoms with Crippen molar-refractivity contribution in [2.24, 2.45) is 0 Å². The summed E-state index contributed by atoms with van der Waals surface area (Å²) < 4.78 is 43.5. The van der Waals surface area contributed by atoms with Crippen LogP contribution in [-0.4, -0.2) is 24.9 Å². The van der Waals surface area contributed by atoms with Crippen LogP contribution in [-0.2, 0) is 6.18 Å². The van der Waals surface area contributed by atoms with Gasteiger partial charge in [0.1, 0.15) is 0 Å². The summed E-state index contributed by atoms with van der Waals surface area (Å²) >= 11 is 0. The molecule has 0 bridgehead atoms. The maximum atomic E-state index is 12.7. The molecule has 3 aromatic heterocycles. The molecule has 19 heavy (non-hydrogen) atoms. The van der Waals surface area contributed by atoms with Gasteiger partial charge in [-0.05, 0) is 22.4 Å². The highest BCUT2D eigenvalue weighted by atomic mass is 19.4. The lowest BCUT2D eigenvalue weighted by atomic mass is 10.2. The van der Waals surface area contributed by atoms with Gasteiger partial charge in [-0.25, -0.2) is 4.63 Å². The average Bonchev–Trinajstić information content (AvgIpc) is 2.92. The van der Waals surface area contributed by atoms with Crippen LogP contribution >= 0.6 is 0 Å². The lowest BCUT2D eigenvalue weighted by molar-refractivity contribution is -0.137. The summed E-state index contributed by atoms with van der Waals surface area (Å²) in [5, 5.41) is 14.3. The van der Waals surface area contributed by atoms with Crippen LogP contribution < -0.4 is 5.73 Å². The number of pyridine rings is 1. The predicted molar refractivity (Wildman–Crippen MR) is 55.7 cm³/mol. The number of nitrogens with two attached hydrogens (primary N) is 1. The van der Waals surface area contributed by atoms with E-state index in [1.54, 1.807) is 0 Å². The van der Waals surface area contributed by atoms with Gasteiger partial charge >= 0.3 is 6.18 Å². The van der Waals surface area contributed by atoms with Gasteiger partial charge in [0.15, 0.2) is 23.0 Å². The van der Waals surface area contributed by atoms with Crippen molar-refractivity contribution in [1.29, 1.82) is 0 Å². The summed E-state index contributed by atoms with van der Waals surface area (Å²) in [7, 11) is 0. The number of rotatable bonds is 1. The zero-order valence-electron chi connectivity index (χ0n) is 9.09. The van der Waals surface area contributed by atoms with Gasteiger partial charge < -0.3 is 5.73 Å². The third-order valence-electron chi connectivity index (χ3n) is 2.46. The van der Waals surface area contributed by atoms with Crippen LogP contribution in [0.15, 0.2) is 23.0 Å². The van der Waals surface area contributed by atoms with Crippen molar-refractivity contribution in [1.82, 2.24) is 24.9 Å². The molecular weight excluding hydrogens is 265 g/mol. The van der Waals surface area contributed by atoms with Crippen molar-refractivity contribution >= 4 is 11.5 Å². The molecule has 0 aliphatic rings. The van der Waals surface area contributed by atoms with Crippen molar-refractivity contribution in [3.05, 3.63) is 23.9 Å². The van der Waals surface area contributed by atoms with E-state index in [9.17, 15) is 13.2 Å². The average molecular weight is 270 g/mol. The Kier molecular flexibility index (Phi) is 2.21. The minimum atomic E-state index is -4.47. The third-order valence-corrected chi connectivity index (χ3v) is 2.46. The van der Waals surface area contributed by atoms with Gasteiger partial charge in [-0.1, -0.05) is 0 Å². The summed E-state index contributed by atoms with van der Waals surface area (Å²) in [6.07, 6.45) is -3.61. The fourth-order valence-electron chi connectivity index (χ4n) is 1.57. The maximum Gasteiger partial charge on any atom is 0.417 e. The fourth-order valence-corrected chi connectivity index (χ4v) is 1.57. The zero-order chi connectivity index (χ0) is 13.6. The van der Waals surface area contributed by atoms with E-state index in [0.717, 1.165) is 16.7 Å². The lowest BCUT2D eigenvalue weighted by Crippen LogP contribution is -2.06. The first kappa shape index (κ1) is 11.4. The van der Waals surface area contributed by atoms with E-state index in [2.05, 4.69) is 25.1 Å². The van der Waals surface area contributed by atoms with Crippen molar-refractivity contribution in [3.8, 4) is 11.5 Å². The van der Waals surface area contributed by atoms with Gasteiger partial charge in [0.25, 0.3) is 0 Å². The molecule has 0 spiro atoms. The molecule has 0 amide bonds. The molecule has 0 saturated carbocycles. The summed E-state index contributed by atoms with van der Waals surface area (Å²) in [5.41, 5.74) is 4.90. The second-order valence-corrected chi connectivity index (χ2v) is 3.67. The SMILES string of the molecule is Nc1nonc1-c1nnc2ccc(C(F)(F)F)cn12. The van der Waals surface area contributed by atoms with Crippen LogP contribution in [0, 0.1) is 0 Å². The topological polar surface area (TPSA) is 95.1 Å². The Balaban J connectivity index is 2.25. The first-order valence-electron chi connectivity index (χ1n) is 4.97. The highest BCUT2D eigenvalue weighted by Gasteiger charge is 2.31. The van der Waals surface area contributed by atoms with E-state index in [-0.39, 0.29) is 23.0 Å². The van der Waals surface area contributed by atoms with Crippen LogP contribution in [0.2, 0.25) is 0 Å². The molecule has 3 rings (SSSR count). The number of halogens is 3. The minimum Gasteiger partial charge on any atom is -0.379 e. The van der Waals surface area contributed by atoms with E-state index >= 15 is 0 Å². The number of aromatic nitrogens is 5. The third kappa shape index (κ3) is 1.77. The Bertz CT molecular complexity index is 746. The zero-order valence-corrected chi connectivity index (χ0v) is 9.09. The molecule has 0 saturated heterocycles. The van der Waals surface area contributed by atoms with Gasteiger partial charge in [-0.15, -0.1) is 10.2 Å². The smallest absolute Gasteiger partial charge is 0.379 e. The molecule has 0 aliphatic carbocycles. The second-order valence-electron chi connectivity index (χ2n) is 3.67. The highest BCUT2D eigenvalue weighted by Crippen LogP contribution is 2.30. The standard InChI is InChI=1S/C9H5F3N6O/c10-9(11,12)4-1-2-5-14-15-8(18(5)3-4)6-7(13)17-19-16-6/h1-3H,(H2,13,17). The van der Waals surface area contributed by atoms with Gasteiger partial charge in [0.2, 0.25) is 0 Å². The van der Waals surface area contributed by atoms with Crippen LogP contribution in [0.1, 0.15) is 5.56 Å². The first-order valence-corrected chi connectivity index (χ1v) is 4.97. The molecule has 2 N–H and O–H groups in total. The molecule has 3 heterocycles. The normalized spacial score (nSPS) is 12.2. The van der Waals surface area contributed by atoms with Crippen LogP contribution in [0.5, 0.6) is 0 Å². The molecule has 0 unspecified atom stereocenters. The molecule has 98 valence electrons. The Morgan fingerprint density at radius 1 is 1.16 bits per heavy atom. The monoisotopic (exact) mass is 270 g/mol. The Morgan fingerprint density at radius 3 is 2.58 bits per heavy atom. The van der Waals surface area contributed by atoms with E-state index < -0.39 is 11.7 Å². The number of hydrogen-bond donors (Lipinski definition) is 1. The number of alkyl halides is 3. The summed E-state index contributed by atoms with van der Waals surface area (Å²) in [5.74, 6) is -0.0495. The number of fused-ring (bicyclic) bond motifs is 1. The van der Waals surface area contributed by atoms with Crippen molar-refractivity contribution in [3.63, 3.8) is 0 Å². The maximum absolute atomic E-state index is 12.7. The van der Waals surface area contributed by atoms with Gasteiger partial charge in [0, 0.05) is 6.20 Å². The van der Waals surface area contributed by atoms with Crippen molar-refractivity contribution in [2.45, 2.75) is 6.18 Å². The Labute approximate surface area is 102 Å². The molecule has 0 aliphatic heterocycles. The molecule has 7 nitrogen and oxygen atoms in total. The molecule has 0 fully saturated rings. The highest BCUT2D eigenvalue weighted by molar-refractivity contribution is 5.65. The van der Waals surface area contributed by atoms with E-state index in [0.29, 0.717) is 0 Å². The van der Waals surface area contributed by atoms with Gasteiger partial charge in [-0.3, -0.25) is 4.40 Å². The van der Waals surface area contributed by atoms with Crippen molar-refractivity contribution in [2.75, 3.05) is 5.73 Å². The van der Waals surface area contributed by atoms with Crippen LogP contribution in [0.25, 0.3) is 17.2 Å². The first-order chi connectivity index (χ1) is 8.97. The predicted octanol–water partition coefficient (Wildman–Crippen LogP) is 1.38. The molecule has 0 radical (unpaired) electrons. The van der Waals surface area contributed by atoms with Gasteiger partial charge in [-0.2, -0.15) is 13.2 Å². The summed E-state index contributed by atoms with van der Waals surface area (Å²) in [6.45, 7) is 0. The molecule has 0 atom stereocenters. The van der Waals surface area contributed by atoms with Crippen molar-refractivity contribution < 1.29 is 17.8 Å². The van der Waals surface area contributed by atoms with E-state index in [4.69, 9.17) is 5.73 Å². The Hall–Kier alpha value is -2.65. The number of anilines is 1. The summed E-state index contributed by atoms with van der Waals surface area (Å²) in [4.78, 5) is 0. The fraction of sp³-hybridized carbons (Fsp3) is 0.111. The largest absolute Gasteiger partial charge is 0.417 e. The molecule has 3 aromatic rings. The lowest BCUT2D eigenvalue weighted by Gasteiger charge is -2.06.